The number of piperidine rings is 1. The van der Waals surface area contributed by atoms with Crippen molar-refractivity contribution in [3.63, 3.8) is 0 Å². The molecule has 1 saturated heterocycles. The standard InChI is InChI=1S/C21H23FN4O2.ClH/c1-13-19-17(21(27)26-9-3-4-14(12-26)11-23-2)10-18(24-20(19)28-25-13)15-5-7-16(22)8-6-15;/h5-8,10,14,23H,3-4,9,11-12H2,1-2H3;1H. The molecule has 2 aromatic heterocycles. The van der Waals surface area contributed by atoms with Crippen LogP contribution in [-0.2, 0) is 0 Å². The van der Waals surface area contributed by atoms with Crippen LogP contribution >= 0.6 is 12.4 Å². The molecule has 0 bridgehead atoms. The first-order valence-corrected chi connectivity index (χ1v) is 9.53. The van der Waals surface area contributed by atoms with E-state index in [1.807, 2.05) is 18.9 Å². The SMILES string of the molecule is CNCC1CCCN(C(=O)c2cc(-c3ccc(F)cc3)nc3onc(C)c23)C1.Cl. The van der Waals surface area contributed by atoms with Crippen LogP contribution in [0.3, 0.4) is 0 Å². The predicted molar refractivity (Wildman–Crippen MR) is 112 cm³/mol. The van der Waals surface area contributed by atoms with Gasteiger partial charge in [0.15, 0.2) is 0 Å². The van der Waals surface area contributed by atoms with E-state index in [4.69, 9.17) is 4.52 Å². The number of hydrogen-bond donors (Lipinski definition) is 1. The van der Waals surface area contributed by atoms with Gasteiger partial charge in [0.05, 0.1) is 22.3 Å². The zero-order valence-electron chi connectivity index (χ0n) is 16.4. The Hall–Kier alpha value is -2.51. The molecule has 1 aliphatic rings. The van der Waals surface area contributed by atoms with Crippen molar-refractivity contribution in [2.75, 3.05) is 26.7 Å². The van der Waals surface area contributed by atoms with E-state index in [9.17, 15) is 9.18 Å². The molecule has 1 amide bonds. The Kier molecular flexibility index (Phi) is 6.49. The van der Waals surface area contributed by atoms with Gasteiger partial charge >= 0.3 is 0 Å². The fraction of sp³-hybridized carbons (Fsp3) is 0.381. The average molecular weight is 419 g/mol. The summed E-state index contributed by atoms with van der Waals surface area (Å²) in [5.74, 6) is 0.0866. The van der Waals surface area contributed by atoms with E-state index in [0.29, 0.717) is 34.0 Å². The quantitative estimate of drug-likeness (QED) is 0.697. The van der Waals surface area contributed by atoms with Crippen LogP contribution in [-0.4, -0.2) is 47.6 Å². The predicted octanol–water partition coefficient (Wildman–Crippen LogP) is 3.83. The summed E-state index contributed by atoms with van der Waals surface area (Å²) in [5, 5.41) is 7.85. The Labute approximate surface area is 174 Å². The molecular weight excluding hydrogens is 395 g/mol. The first kappa shape index (κ1) is 21.2. The number of nitrogens with zero attached hydrogens (tertiary/aromatic N) is 3. The third-order valence-corrected chi connectivity index (χ3v) is 5.29. The molecule has 8 heteroatoms. The number of aromatic nitrogens is 2. The van der Waals surface area contributed by atoms with Crippen LogP contribution in [0.4, 0.5) is 4.39 Å². The molecule has 1 fully saturated rings. The van der Waals surface area contributed by atoms with Crippen LogP contribution in [0, 0.1) is 18.7 Å². The second kappa shape index (κ2) is 8.88. The molecule has 1 aliphatic heterocycles. The Morgan fingerprint density at radius 2 is 2.10 bits per heavy atom. The Morgan fingerprint density at radius 3 is 2.83 bits per heavy atom. The maximum atomic E-state index is 13.4. The topological polar surface area (TPSA) is 71.3 Å². The normalized spacial score (nSPS) is 16.7. The molecule has 1 N–H and O–H groups in total. The summed E-state index contributed by atoms with van der Waals surface area (Å²) in [6.45, 7) is 4.16. The minimum Gasteiger partial charge on any atom is -0.338 e. The molecule has 0 saturated carbocycles. The number of benzene rings is 1. The van der Waals surface area contributed by atoms with Crippen LogP contribution in [0.1, 0.15) is 28.9 Å². The number of amides is 1. The first-order chi connectivity index (χ1) is 13.6. The minimum atomic E-state index is -0.319. The number of carbonyl (C=O) groups is 1. The lowest BCUT2D eigenvalue weighted by molar-refractivity contribution is 0.0676. The van der Waals surface area contributed by atoms with E-state index >= 15 is 0 Å². The Bertz CT molecular complexity index is 1000. The largest absolute Gasteiger partial charge is 0.338 e. The summed E-state index contributed by atoms with van der Waals surface area (Å²) in [4.78, 5) is 19.8. The van der Waals surface area contributed by atoms with Gasteiger partial charge in [-0.1, -0.05) is 5.16 Å². The van der Waals surface area contributed by atoms with Crippen molar-refractivity contribution in [3.8, 4) is 11.3 Å². The second-order valence-electron chi connectivity index (χ2n) is 7.33. The van der Waals surface area contributed by atoms with E-state index < -0.39 is 0 Å². The van der Waals surface area contributed by atoms with Crippen molar-refractivity contribution in [2.45, 2.75) is 19.8 Å². The first-order valence-electron chi connectivity index (χ1n) is 9.53. The highest BCUT2D eigenvalue weighted by Crippen LogP contribution is 2.29. The number of halogens is 2. The summed E-state index contributed by atoms with van der Waals surface area (Å²) in [7, 11) is 1.93. The van der Waals surface area contributed by atoms with E-state index in [0.717, 1.165) is 38.0 Å². The molecule has 0 aliphatic carbocycles. The van der Waals surface area contributed by atoms with Gasteiger partial charge in [0.1, 0.15) is 5.82 Å². The van der Waals surface area contributed by atoms with Gasteiger partial charge in [0.2, 0.25) is 0 Å². The van der Waals surface area contributed by atoms with Gasteiger partial charge in [-0.05, 0) is 69.6 Å². The lowest BCUT2D eigenvalue weighted by Crippen LogP contribution is -2.42. The van der Waals surface area contributed by atoms with Crippen molar-refractivity contribution in [1.29, 1.82) is 0 Å². The molecule has 6 nitrogen and oxygen atoms in total. The minimum absolute atomic E-state index is 0. The monoisotopic (exact) mass is 418 g/mol. The smallest absolute Gasteiger partial charge is 0.259 e. The number of nitrogens with one attached hydrogen (secondary N) is 1. The maximum absolute atomic E-state index is 13.4. The van der Waals surface area contributed by atoms with Crippen LogP contribution in [0.5, 0.6) is 0 Å². The van der Waals surface area contributed by atoms with Crippen LogP contribution in [0.2, 0.25) is 0 Å². The molecule has 154 valence electrons. The highest BCUT2D eigenvalue weighted by molar-refractivity contribution is 6.07. The summed E-state index contributed by atoms with van der Waals surface area (Å²) in [6, 6.07) is 7.81. The fourth-order valence-electron chi connectivity index (χ4n) is 3.91. The van der Waals surface area contributed by atoms with Crippen molar-refractivity contribution in [3.05, 3.63) is 47.4 Å². The van der Waals surface area contributed by atoms with Crippen molar-refractivity contribution in [2.24, 2.45) is 5.92 Å². The molecule has 29 heavy (non-hydrogen) atoms. The zero-order chi connectivity index (χ0) is 19.7. The molecule has 3 aromatic rings. The number of hydrogen-bond acceptors (Lipinski definition) is 5. The van der Waals surface area contributed by atoms with Gasteiger partial charge < -0.3 is 14.7 Å². The number of rotatable bonds is 4. The summed E-state index contributed by atoms with van der Waals surface area (Å²) < 4.78 is 18.7. The van der Waals surface area contributed by atoms with E-state index in [2.05, 4.69) is 15.5 Å². The number of aryl methyl sites for hydroxylation is 1. The highest BCUT2D eigenvalue weighted by Gasteiger charge is 2.27. The number of carbonyl (C=O) groups excluding carboxylic acids is 1. The third-order valence-electron chi connectivity index (χ3n) is 5.29. The zero-order valence-corrected chi connectivity index (χ0v) is 17.3. The molecule has 4 rings (SSSR count). The average Bonchev–Trinajstić information content (AvgIpc) is 3.09. The molecule has 1 unspecified atom stereocenters. The van der Waals surface area contributed by atoms with Gasteiger partial charge in [-0.2, -0.15) is 0 Å². The lowest BCUT2D eigenvalue weighted by Gasteiger charge is -2.33. The van der Waals surface area contributed by atoms with Gasteiger partial charge in [0.25, 0.3) is 11.6 Å². The maximum Gasteiger partial charge on any atom is 0.259 e. The lowest BCUT2D eigenvalue weighted by atomic mass is 9.96. The fourth-order valence-corrected chi connectivity index (χ4v) is 3.91. The number of pyridine rings is 1. The van der Waals surface area contributed by atoms with Crippen LogP contribution in [0.15, 0.2) is 34.9 Å². The third kappa shape index (κ3) is 4.26. The Balaban J connectivity index is 0.00000240. The molecule has 0 radical (unpaired) electrons. The van der Waals surface area contributed by atoms with Gasteiger partial charge in [-0.3, -0.25) is 4.79 Å². The van der Waals surface area contributed by atoms with Gasteiger partial charge in [0, 0.05) is 18.7 Å². The van der Waals surface area contributed by atoms with Gasteiger partial charge in [-0.25, -0.2) is 9.37 Å². The van der Waals surface area contributed by atoms with Crippen molar-refractivity contribution < 1.29 is 13.7 Å². The molecule has 0 spiro atoms. The van der Waals surface area contributed by atoms with Crippen molar-refractivity contribution >= 4 is 29.4 Å². The van der Waals surface area contributed by atoms with E-state index in [1.54, 1.807) is 18.2 Å². The van der Waals surface area contributed by atoms with Crippen molar-refractivity contribution in [1.82, 2.24) is 20.4 Å². The van der Waals surface area contributed by atoms with E-state index in [-0.39, 0.29) is 24.1 Å². The number of fused-ring (bicyclic) bond motifs is 1. The molecule has 1 atom stereocenters. The van der Waals surface area contributed by atoms with Gasteiger partial charge in [-0.15, -0.1) is 12.4 Å². The molecule has 3 heterocycles. The second-order valence-corrected chi connectivity index (χ2v) is 7.33. The summed E-state index contributed by atoms with van der Waals surface area (Å²) in [5.41, 5.74) is 2.79. The summed E-state index contributed by atoms with van der Waals surface area (Å²) in [6.07, 6.45) is 2.10. The molecule has 1 aromatic carbocycles. The van der Waals surface area contributed by atoms with E-state index in [1.165, 1.54) is 12.1 Å². The van der Waals surface area contributed by atoms with Crippen LogP contribution < -0.4 is 5.32 Å². The van der Waals surface area contributed by atoms with Crippen LogP contribution in [0.25, 0.3) is 22.4 Å². The highest BCUT2D eigenvalue weighted by atomic mass is 35.5. The number of likely N-dealkylation sites (tertiary alicyclic amines) is 1. The molecular formula is C21H24ClFN4O2. The Morgan fingerprint density at radius 1 is 1.34 bits per heavy atom. The summed E-state index contributed by atoms with van der Waals surface area (Å²) >= 11 is 0.